The molecule has 1 amide bonds. The van der Waals surface area contributed by atoms with E-state index in [0.29, 0.717) is 11.6 Å². The van der Waals surface area contributed by atoms with E-state index < -0.39 is 15.6 Å². The zero-order valence-corrected chi connectivity index (χ0v) is 19.1. The van der Waals surface area contributed by atoms with Crippen LogP contribution in [0.25, 0.3) is 0 Å². The molecular weight excluding hydrogens is 388 g/mol. The van der Waals surface area contributed by atoms with Crippen molar-refractivity contribution in [2.24, 2.45) is 5.92 Å². The second kappa shape index (κ2) is 10.3. The Kier molecular flexibility index (Phi) is 8.37. The molecule has 1 saturated heterocycles. The fourth-order valence-corrected chi connectivity index (χ4v) is 4.12. The normalized spacial score (nSPS) is 15.9. The van der Waals surface area contributed by atoms with Crippen molar-refractivity contribution in [2.45, 2.75) is 71.8 Å². The van der Waals surface area contributed by atoms with Gasteiger partial charge in [-0.1, -0.05) is 25.0 Å². The lowest BCUT2D eigenvalue weighted by molar-refractivity contribution is 0.0180. The van der Waals surface area contributed by atoms with Gasteiger partial charge in [-0.3, -0.25) is 4.72 Å². The van der Waals surface area contributed by atoms with Crippen LogP contribution < -0.4 is 4.72 Å². The monoisotopic (exact) mass is 424 g/mol. The molecule has 0 spiro atoms. The maximum absolute atomic E-state index is 12.1. The van der Waals surface area contributed by atoms with Crippen molar-refractivity contribution in [2.75, 3.05) is 23.6 Å². The molecule has 0 unspecified atom stereocenters. The summed E-state index contributed by atoms with van der Waals surface area (Å²) in [6.45, 7) is 8.89. The molecule has 0 aromatic heterocycles. The Labute approximate surface area is 176 Å². The predicted octanol–water partition coefficient (Wildman–Crippen LogP) is 4.81. The van der Waals surface area contributed by atoms with Crippen molar-refractivity contribution < 1.29 is 17.9 Å². The van der Waals surface area contributed by atoms with Crippen LogP contribution in [0, 0.1) is 5.92 Å². The number of likely N-dealkylation sites (tertiary alicyclic amines) is 1. The third-order valence-corrected chi connectivity index (χ3v) is 6.51. The van der Waals surface area contributed by atoms with Gasteiger partial charge in [0.15, 0.2) is 0 Å². The number of carbonyl (C=O) groups is 1. The average molecular weight is 425 g/mol. The fraction of sp³-hybridized carbons (Fsp3) is 0.682. The molecular formula is C22H36N2O4S. The fourth-order valence-electron chi connectivity index (χ4n) is 3.48. The number of aryl methyl sites for hydroxylation is 1. The predicted molar refractivity (Wildman–Crippen MR) is 118 cm³/mol. The van der Waals surface area contributed by atoms with Crippen molar-refractivity contribution in [1.29, 1.82) is 0 Å². The largest absolute Gasteiger partial charge is 0.444 e. The summed E-state index contributed by atoms with van der Waals surface area (Å²) in [7, 11) is -3.22. The van der Waals surface area contributed by atoms with Crippen molar-refractivity contribution in [3.05, 3.63) is 29.8 Å². The van der Waals surface area contributed by atoms with Crippen LogP contribution in [0.5, 0.6) is 0 Å². The number of hydrogen-bond donors (Lipinski definition) is 1. The highest BCUT2D eigenvalue weighted by molar-refractivity contribution is 7.92. The topological polar surface area (TPSA) is 75.7 Å². The summed E-state index contributed by atoms with van der Waals surface area (Å²) in [5, 5.41) is 0. The molecule has 1 aromatic carbocycles. The van der Waals surface area contributed by atoms with Gasteiger partial charge in [0.1, 0.15) is 5.60 Å². The molecule has 0 atom stereocenters. The third kappa shape index (κ3) is 8.64. The lowest BCUT2D eigenvalue weighted by Gasteiger charge is -2.33. The van der Waals surface area contributed by atoms with E-state index in [9.17, 15) is 13.2 Å². The standard InChI is InChI=1S/C22H36N2O4S/c1-5-29(26,27)23-20-12-10-18(11-13-20)8-6-7-9-19-14-16-24(17-15-19)21(25)28-22(2,3)4/h10-13,19,23H,5-9,14-17H2,1-4H3. The summed E-state index contributed by atoms with van der Waals surface area (Å²) >= 11 is 0. The molecule has 2 rings (SSSR count). The Morgan fingerprint density at radius 2 is 1.76 bits per heavy atom. The Morgan fingerprint density at radius 3 is 2.31 bits per heavy atom. The number of nitrogens with one attached hydrogen (secondary N) is 1. The number of anilines is 1. The molecule has 29 heavy (non-hydrogen) atoms. The molecule has 0 bridgehead atoms. The molecule has 6 nitrogen and oxygen atoms in total. The first kappa shape index (κ1) is 23.5. The van der Waals surface area contributed by atoms with Gasteiger partial charge in [0, 0.05) is 18.8 Å². The number of amides is 1. The minimum Gasteiger partial charge on any atom is -0.444 e. The van der Waals surface area contributed by atoms with Gasteiger partial charge in [-0.15, -0.1) is 0 Å². The van der Waals surface area contributed by atoms with E-state index in [4.69, 9.17) is 4.74 Å². The maximum Gasteiger partial charge on any atom is 0.410 e. The molecule has 164 valence electrons. The number of unbranched alkanes of at least 4 members (excludes halogenated alkanes) is 1. The van der Waals surface area contributed by atoms with Gasteiger partial charge in [0.2, 0.25) is 10.0 Å². The third-order valence-electron chi connectivity index (χ3n) is 5.20. The number of benzene rings is 1. The number of piperidine rings is 1. The van der Waals surface area contributed by atoms with Gasteiger partial charge in [-0.2, -0.15) is 0 Å². The van der Waals surface area contributed by atoms with Crippen molar-refractivity contribution in [1.82, 2.24) is 4.90 Å². The number of carbonyl (C=O) groups excluding carboxylic acids is 1. The van der Waals surface area contributed by atoms with Gasteiger partial charge in [0.05, 0.1) is 5.75 Å². The van der Waals surface area contributed by atoms with Crippen molar-refractivity contribution in [3.8, 4) is 0 Å². The summed E-state index contributed by atoms with van der Waals surface area (Å²) in [5.41, 5.74) is 1.41. The van der Waals surface area contributed by atoms with Gasteiger partial charge < -0.3 is 9.64 Å². The molecule has 1 aliphatic rings. The number of rotatable bonds is 8. The first-order valence-corrected chi connectivity index (χ1v) is 12.3. The Bertz CT molecular complexity index is 746. The van der Waals surface area contributed by atoms with Crippen molar-refractivity contribution >= 4 is 21.8 Å². The van der Waals surface area contributed by atoms with Gasteiger partial charge in [-0.05, 0) is 77.0 Å². The molecule has 7 heteroatoms. The minimum absolute atomic E-state index is 0.0749. The van der Waals surface area contributed by atoms with E-state index in [1.54, 1.807) is 6.92 Å². The second-order valence-corrected chi connectivity index (χ2v) is 10.9. The highest BCUT2D eigenvalue weighted by Gasteiger charge is 2.26. The second-order valence-electron chi connectivity index (χ2n) is 8.86. The van der Waals surface area contributed by atoms with Crippen LogP contribution in [-0.2, 0) is 21.2 Å². The zero-order chi connectivity index (χ0) is 21.5. The van der Waals surface area contributed by atoms with E-state index in [2.05, 4.69) is 4.72 Å². The number of ether oxygens (including phenoxy) is 1. The highest BCUT2D eigenvalue weighted by atomic mass is 32.2. The lowest BCUT2D eigenvalue weighted by Crippen LogP contribution is -2.41. The molecule has 1 fully saturated rings. The van der Waals surface area contributed by atoms with Gasteiger partial charge in [-0.25, -0.2) is 13.2 Å². The van der Waals surface area contributed by atoms with Gasteiger partial charge >= 0.3 is 6.09 Å². The molecule has 0 aliphatic carbocycles. The van der Waals surface area contributed by atoms with Crippen LogP contribution in [0.4, 0.5) is 10.5 Å². The molecule has 1 aliphatic heterocycles. The van der Waals surface area contributed by atoms with Crippen molar-refractivity contribution in [3.63, 3.8) is 0 Å². The summed E-state index contributed by atoms with van der Waals surface area (Å²) < 4.78 is 31.2. The SMILES string of the molecule is CCS(=O)(=O)Nc1ccc(CCCCC2CCN(C(=O)OC(C)(C)C)CC2)cc1. The smallest absolute Gasteiger partial charge is 0.410 e. The van der Waals surface area contributed by atoms with Gasteiger partial charge in [0.25, 0.3) is 0 Å². The highest BCUT2D eigenvalue weighted by Crippen LogP contribution is 2.24. The van der Waals surface area contributed by atoms with E-state index in [-0.39, 0.29) is 11.8 Å². The summed E-state index contributed by atoms with van der Waals surface area (Å²) in [4.78, 5) is 14.0. The van der Waals surface area contributed by atoms with Crippen LogP contribution in [0.2, 0.25) is 0 Å². The molecule has 1 aromatic rings. The number of hydrogen-bond acceptors (Lipinski definition) is 4. The summed E-state index contributed by atoms with van der Waals surface area (Å²) in [5.74, 6) is 0.755. The molecule has 1 heterocycles. The number of nitrogens with zero attached hydrogens (tertiary/aromatic N) is 1. The maximum atomic E-state index is 12.1. The van der Waals surface area contributed by atoms with E-state index in [1.807, 2.05) is 49.9 Å². The first-order valence-electron chi connectivity index (χ1n) is 10.7. The summed E-state index contributed by atoms with van der Waals surface area (Å²) in [6.07, 6.45) is 6.37. The first-order chi connectivity index (χ1) is 13.6. The zero-order valence-electron chi connectivity index (χ0n) is 18.2. The van der Waals surface area contributed by atoms with Crippen LogP contribution in [-0.4, -0.2) is 43.9 Å². The minimum atomic E-state index is -3.22. The Balaban J connectivity index is 1.64. The van der Waals surface area contributed by atoms with Crippen LogP contribution in [0.1, 0.15) is 65.4 Å². The molecule has 0 radical (unpaired) electrons. The Hall–Kier alpha value is -1.76. The molecule has 0 saturated carbocycles. The van der Waals surface area contributed by atoms with Crippen LogP contribution >= 0.6 is 0 Å². The van der Waals surface area contributed by atoms with Crippen LogP contribution in [0.15, 0.2) is 24.3 Å². The summed E-state index contributed by atoms with van der Waals surface area (Å²) in [6, 6.07) is 7.64. The van der Waals surface area contributed by atoms with E-state index in [1.165, 1.54) is 18.4 Å². The van der Waals surface area contributed by atoms with E-state index >= 15 is 0 Å². The lowest BCUT2D eigenvalue weighted by atomic mass is 9.91. The van der Waals surface area contributed by atoms with E-state index in [0.717, 1.165) is 38.8 Å². The Morgan fingerprint density at radius 1 is 1.14 bits per heavy atom. The quantitative estimate of drug-likeness (QED) is 0.608. The number of sulfonamides is 1. The molecule has 1 N–H and O–H groups in total. The van der Waals surface area contributed by atoms with Crippen LogP contribution in [0.3, 0.4) is 0 Å². The average Bonchev–Trinajstić information content (AvgIpc) is 2.65.